The minimum absolute atomic E-state index is 0.00499. The Bertz CT molecular complexity index is 935. The lowest BCUT2D eigenvalue weighted by atomic mass is 9.89. The molecule has 1 N–H and O–H groups in total. The summed E-state index contributed by atoms with van der Waals surface area (Å²) in [5.41, 5.74) is 5.50. The zero-order valence-corrected chi connectivity index (χ0v) is 16.5. The third-order valence-electron chi connectivity index (χ3n) is 5.00. The van der Waals surface area contributed by atoms with E-state index in [1.54, 1.807) is 0 Å². The van der Waals surface area contributed by atoms with Gasteiger partial charge in [-0.1, -0.05) is 78.3 Å². The van der Waals surface area contributed by atoms with Crippen LogP contribution in [0.1, 0.15) is 33.7 Å². The highest BCUT2D eigenvalue weighted by Gasteiger charge is 2.23. The molecule has 0 radical (unpaired) electrons. The van der Waals surface area contributed by atoms with Crippen LogP contribution in [0.5, 0.6) is 0 Å². The third-order valence-corrected chi connectivity index (χ3v) is 5.34. The lowest BCUT2D eigenvalue weighted by Crippen LogP contribution is -2.30. The monoisotopic (exact) mass is 377 g/mol. The van der Waals surface area contributed by atoms with Crippen molar-refractivity contribution in [1.29, 1.82) is 0 Å². The van der Waals surface area contributed by atoms with Gasteiger partial charge in [-0.25, -0.2) is 0 Å². The molecule has 0 bridgehead atoms. The molecule has 1 unspecified atom stereocenters. The van der Waals surface area contributed by atoms with Gasteiger partial charge in [0, 0.05) is 11.6 Å². The normalized spacial score (nSPS) is 11.8. The molecule has 3 aromatic carbocycles. The van der Waals surface area contributed by atoms with E-state index in [4.69, 9.17) is 11.6 Å². The summed E-state index contributed by atoms with van der Waals surface area (Å²) in [6.07, 6.45) is 0.621. The lowest BCUT2D eigenvalue weighted by Gasteiger charge is -2.20. The zero-order valence-electron chi connectivity index (χ0n) is 15.7. The van der Waals surface area contributed by atoms with E-state index < -0.39 is 0 Å². The molecule has 3 rings (SSSR count). The van der Waals surface area contributed by atoms with Crippen LogP contribution in [-0.4, -0.2) is 5.91 Å². The second-order valence-corrected chi connectivity index (χ2v) is 7.26. The Morgan fingerprint density at radius 2 is 1.41 bits per heavy atom. The molecular weight excluding hydrogens is 354 g/mol. The van der Waals surface area contributed by atoms with Gasteiger partial charge in [0.2, 0.25) is 5.91 Å². The molecule has 138 valence electrons. The van der Waals surface area contributed by atoms with Crippen molar-refractivity contribution < 1.29 is 4.79 Å². The van der Waals surface area contributed by atoms with E-state index in [0.29, 0.717) is 18.0 Å². The van der Waals surface area contributed by atoms with Crippen molar-refractivity contribution in [3.8, 4) is 0 Å². The minimum atomic E-state index is -0.330. The van der Waals surface area contributed by atoms with Gasteiger partial charge in [0.15, 0.2) is 0 Å². The molecule has 0 aromatic heterocycles. The Labute approximate surface area is 166 Å². The first-order valence-corrected chi connectivity index (χ1v) is 9.55. The van der Waals surface area contributed by atoms with E-state index >= 15 is 0 Å². The molecule has 27 heavy (non-hydrogen) atoms. The van der Waals surface area contributed by atoms with Crippen LogP contribution < -0.4 is 5.32 Å². The van der Waals surface area contributed by atoms with E-state index in [1.807, 2.05) is 54.6 Å². The molecule has 1 atom stereocenters. The average molecular weight is 378 g/mol. The number of halogens is 1. The average Bonchev–Trinajstić information content (AvgIpc) is 2.67. The lowest BCUT2D eigenvalue weighted by molar-refractivity contribution is -0.122. The zero-order chi connectivity index (χ0) is 19.2. The number of aryl methyl sites for hydroxylation is 2. The van der Waals surface area contributed by atoms with E-state index in [0.717, 1.165) is 16.7 Å². The summed E-state index contributed by atoms with van der Waals surface area (Å²) in [5, 5.41) is 3.73. The van der Waals surface area contributed by atoms with Crippen LogP contribution in [0.2, 0.25) is 5.02 Å². The molecule has 0 saturated carbocycles. The highest BCUT2D eigenvalue weighted by atomic mass is 35.5. The summed E-state index contributed by atoms with van der Waals surface area (Å²) < 4.78 is 0. The van der Waals surface area contributed by atoms with Gasteiger partial charge in [0.05, 0.1) is 5.92 Å². The molecule has 3 aromatic rings. The van der Waals surface area contributed by atoms with Crippen molar-refractivity contribution in [2.45, 2.75) is 32.7 Å². The molecule has 0 aliphatic rings. The number of hydrogen-bond donors (Lipinski definition) is 1. The van der Waals surface area contributed by atoms with Gasteiger partial charge in [-0.05, 0) is 54.2 Å². The highest BCUT2D eigenvalue weighted by molar-refractivity contribution is 6.31. The van der Waals surface area contributed by atoms with Crippen molar-refractivity contribution in [1.82, 2.24) is 5.32 Å². The molecule has 0 fully saturated rings. The molecule has 0 heterocycles. The van der Waals surface area contributed by atoms with Crippen molar-refractivity contribution in [2.24, 2.45) is 0 Å². The molecule has 2 nitrogen and oxygen atoms in total. The Hall–Kier alpha value is -2.58. The largest absolute Gasteiger partial charge is 0.351 e. The maximum Gasteiger partial charge on any atom is 0.228 e. The summed E-state index contributed by atoms with van der Waals surface area (Å²) in [6, 6.07) is 23.9. The van der Waals surface area contributed by atoms with E-state index in [9.17, 15) is 4.79 Å². The fourth-order valence-electron chi connectivity index (χ4n) is 3.27. The van der Waals surface area contributed by atoms with Crippen LogP contribution >= 0.6 is 11.6 Å². The van der Waals surface area contributed by atoms with Crippen LogP contribution in [0, 0.1) is 13.8 Å². The maximum absolute atomic E-state index is 13.1. The summed E-state index contributed by atoms with van der Waals surface area (Å²) in [4.78, 5) is 13.1. The first kappa shape index (κ1) is 19.2. The summed E-state index contributed by atoms with van der Waals surface area (Å²) in [7, 11) is 0. The highest BCUT2D eigenvalue weighted by Crippen LogP contribution is 2.29. The summed E-state index contributed by atoms with van der Waals surface area (Å²) in [6.45, 7) is 4.64. The van der Waals surface area contributed by atoms with E-state index in [2.05, 4.69) is 37.4 Å². The van der Waals surface area contributed by atoms with Gasteiger partial charge in [-0.2, -0.15) is 0 Å². The standard InChI is InChI=1S/C24H24ClNO/c1-17-9-3-5-11-19(17)15-22(21-13-7-8-14-23(21)25)24(27)26-16-20-12-6-4-10-18(20)2/h3-14,22H,15-16H2,1-2H3,(H,26,27). The molecule has 1 amide bonds. The van der Waals surface area contributed by atoms with Gasteiger partial charge >= 0.3 is 0 Å². The van der Waals surface area contributed by atoms with Crippen LogP contribution in [0.25, 0.3) is 0 Å². The predicted octanol–water partition coefficient (Wildman–Crippen LogP) is 5.60. The second-order valence-electron chi connectivity index (χ2n) is 6.85. The van der Waals surface area contributed by atoms with E-state index in [-0.39, 0.29) is 11.8 Å². The molecule has 0 aliphatic heterocycles. The number of rotatable bonds is 6. The number of benzene rings is 3. The third kappa shape index (κ3) is 4.78. The fraction of sp³-hybridized carbons (Fsp3) is 0.208. The van der Waals surface area contributed by atoms with Gasteiger partial charge < -0.3 is 5.32 Å². The van der Waals surface area contributed by atoms with Crippen LogP contribution in [0.15, 0.2) is 72.8 Å². The fourth-order valence-corrected chi connectivity index (χ4v) is 3.54. The number of amides is 1. The Balaban J connectivity index is 1.85. The molecule has 0 spiro atoms. The van der Waals surface area contributed by atoms with Crippen LogP contribution in [0.4, 0.5) is 0 Å². The van der Waals surface area contributed by atoms with Crippen molar-refractivity contribution in [2.75, 3.05) is 0 Å². The van der Waals surface area contributed by atoms with Gasteiger partial charge in [-0.15, -0.1) is 0 Å². The maximum atomic E-state index is 13.1. The van der Waals surface area contributed by atoms with Crippen molar-refractivity contribution in [3.05, 3.63) is 106 Å². The van der Waals surface area contributed by atoms with E-state index in [1.165, 1.54) is 11.1 Å². The first-order valence-electron chi connectivity index (χ1n) is 9.17. The second kappa shape index (κ2) is 8.88. The summed E-state index contributed by atoms with van der Waals surface area (Å²) >= 11 is 6.43. The number of carbonyl (C=O) groups is 1. The van der Waals surface area contributed by atoms with Gasteiger partial charge in [0.1, 0.15) is 0 Å². The topological polar surface area (TPSA) is 29.1 Å². The van der Waals surface area contributed by atoms with Crippen LogP contribution in [0.3, 0.4) is 0 Å². The smallest absolute Gasteiger partial charge is 0.228 e. The van der Waals surface area contributed by atoms with Crippen molar-refractivity contribution >= 4 is 17.5 Å². The Kier molecular flexibility index (Phi) is 6.31. The van der Waals surface area contributed by atoms with Gasteiger partial charge in [0.25, 0.3) is 0 Å². The number of carbonyl (C=O) groups excluding carboxylic acids is 1. The Morgan fingerprint density at radius 1 is 0.852 bits per heavy atom. The number of nitrogens with one attached hydrogen (secondary N) is 1. The molecule has 3 heteroatoms. The number of hydrogen-bond acceptors (Lipinski definition) is 1. The quantitative estimate of drug-likeness (QED) is 0.595. The van der Waals surface area contributed by atoms with Gasteiger partial charge in [-0.3, -0.25) is 4.79 Å². The first-order chi connectivity index (χ1) is 13.1. The van der Waals surface area contributed by atoms with Crippen LogP contribution in [-0.2, 0) is 17.8 Å². The van der Waals surface area contributed by atoms with Crippen molar-refractivity contribution in [3.63, 3.8) is 0 Å². The SMILES string of the molecule is Cc1ccccc1CNC(=O)C(Cc1ccccc1C)c1ccccc1Cl. The minimum Gasteiger partial charge on any atom is -0.351 e. The molecule has 0 saturated heterocycles. The molecular formula is C24H24ClNO. The predicted molar refractivity (Wildman–Crippen MR) is 112 cm³/mol. The molecule has 0 aliphatic carbocycles. The Morgan fingerprint density at radius 3 is 2.04 bits per heavy atom. The summed E-state index contributed by atoms with van der Waals surface area (Å²) in [5.74, 6) is -0.335.